The molecular formula is C28H34F3N6O3+. The number of halogens is 3. The quantitative estimate of drug-likeness (QED) is 0.321. The van der Waals surface area contributed by atoms with Crippen LogP contribution in [0, 0.1) is 12.8 Å². The van der Waals surface area contributed by atoms with E-state index in [4.69, 9.17) is 4.52 Å². The summed E-state index contributed by atoms with van der Waals surface area (Å²) in [6.07, 6.45) is 0.960. The van der Waals surface area contributed by atoms with Gasteiger partial charge in [0.25, 0.3) is 6.20 Å². The lowest BCUT2D eigenvalue weighted by Gasteiger charge is -2.26. The summed E-state index contributed by atoms with van der Waals surface area (Å²) >= 11 is 0. The van der Waals surface area contributed by atoms with E-state index in [0.717, 1.165) is 55.5 Å². The van der Waals surface area contributed by atoms with E-state index < -0.39 is 23.7 Å². The second-order valence-corrected chi connectivity index (χ2v) is 10.5. The van der Waals surface area contributed by atoms with Gasteiger partial charge in [-0.2, -0.15) is 13.2 Å². The van der Waals surface area contributed by atoms with E-state index in [1.165, 1.54) is 6.07 Å². The van der Waals surface area contributed by atoms with Crippen molar-refractivity contribution >= 4 is 29.2 Å². The molecular weight excluding hydrogens is 525 g/mol. The van der Waals surface area contributed by atoms with Crippen LogP contribution >= 0.6 is 0 Å². The zero-order valence-corrected chi connectivity index (χ0v) is 22.7. The number of urea groups is 1. The largest absolute Gasteiger partial charge is 0.416 e. The van der Waals surface area contributed by atoms with E-state index in [9.17, 15) is 22.8 Å². The monoisotopic (exact) mass is 559 g/mol. The first-order chi connectivity index (χ1) is 19.0. The predicted molar refractivity (Wildman–Crippen MR) is 144 cm³/mol. The summed E-state index contributed by atoms with van der Waals surface area (Å²) in [5.41, 5.74) is 0.399. The van der Waals surface area contributed by atoms with Gasteiger partial charge >= 0.3 is 18.1 Å². The Morgan fingerprint density at radius 2 is 1.80 bits per heavy atom. The minimum atomic E-state index is -4.69. The highest BCUT2D eigenvalue weighted by molar-refractivity contribution is 6.00. The first-order valence-corrected chi connectivity index (χ1v) is 13.1. The predicted octanol–water partition coefficient (Wildman–Crippen LogP) is 5.41. The molecule has 1 fully saturated rings. The maximum absolute atomic E-state index is 13.6. The minimum absolute atomic E-state index is 0.00541. The number of aryl methyl sites for hydroxylation is 1. The van der Waals surface area contributed by atoms with Gasteiger partial charge in [0.1, 0.15) is 0 Å². The average Bonchev–Trinajstić information content (AvgIpc) is 3.33. The summed E-state index contributed by atoms with van der Waals surface area (Å²) in [7, 11) is 4.08. The SMILES string of the molecule is Cc1ccccc1CC(=O)Nc1cc(NC(=O)Nc2c[n+]([C@@H]3CCC[C@H](CN(C)C)C3)no2)cc(C(F)(F)F)c1. The highest BCUT2D eigenvalue weighted by Gasteiger charge is 2.33. The Morgan fingerprint density at radius 1 is 1.07 bits per heavy atom. The third kappa shape index (κ3) is 8.04. The van der Waals surface area contributed by atoms with Crippen molar-refractivity contribution in [2.45, 2.75) is 51.2 Å². The molecule has 40 heavy (non-hydrogen) atoms. The fourth-order valence-electron chi connectivity index (χ4n) is 5.07. The summed E-state index contributed by atoms with van der Waals surface area (Å²) in [6.45, 7) is 2.83. The van der Waals surface area contributed by atoms with Crippen LogP contribution in [0.3, 0.4) is 0 Å². The van der Waals surface area contributed by atoms with Crippen LogP contribution in [0.5, 0.6) is 0 Å². The first-order valence-electron chi connectivity index (χ1n) is 13.1. The van der Waals surface area contributed by atoms with Gasteiger partial charge in [-0.05, 0) is 73.8 Å². The summed E-state index contributed by atoms with van der Waals surface area (Å²) in [5, 5.41) is 11.4. The molecule has 0 saturated heterocycles. The number of nitrogens with one attached hydrogen (secondary N) is 3. The van der Waals surface area contributed by atoms with Gasteiger partial charge in [0.2, 0.25) is 11.2 Å². The van der Waals surface area contributed by atoms with Crippen LogP contribution in [0.2, 0.25) is 0 Å². The van der Waals surface area contributed by atoms with Crippen molar-refractivity contribution in [3.8, 4) is 0 Å². The molecule has 12 heteroatoms. The molecule has 1 aliphatic rings. The first kappa shape index (κ1) is 29.1. The Bertz CT molecular complexity index is 1340. The molecule has 1 aliphatic carbocycles. The van der Waals surface area contributed by atoms with Crippen LogP contribution < -0.4 is 20.6 Å². The highest BCUT2D eigenvalue weighted by Crippen LogP contribution is 2.34. The fourth-order valence-corrected chi connectivity index (χ4v) is 5.07. The van der Waals surface area contributed by atoms with E-state index in [-0.39, 0.29) is 29.7 Å². The Labute approximate surface area is 230 Å². The van der Waals surface area contributed by atoms with Crippen molar-refractivity contribution in [1.29, 1.82) is 0 Å². The maximum atomic E-state index is 13.6. The molecule has 0 unspecified atom stereocenters. The average molecular weight is 560 g/mol. The van der Waals surface area contributed by atoms with Gasteiger partial charge in [-0.1, -0.05) is 24.3 Å². The lowest BCUT2D eigenvalue weighted by Crippen LogP contribution is -2.44. The van der Waals surface area contributed by atoms with Crippen LogP contribution in [-0.2, 0) is 17.4 Å². The topological polar surface area (TPSA) is 103 Å². The highest BCUT2D eigenvalue weighted by atomic mass is 19.4. The third-order valence-corrected chi connectivity index (χ3v) is 6.89. The van der Waals surface area contributed by atoms with Crippen LogP contribution in [0.1, 0.15) is 48.4 Å². The van der Waals surface area contributed by atoms with E-state index in [2.05, 4.69) is 26.1 Å². The molecule has 9 nitrogen and oxygen atoms in total. The Kier molecular flexibility index (Phi) is 9.08. The van der Waals surface area contributed by atoms with Gasteiger partial charge in [0.15, 0.2) is 6.04 Å². The molecule has 1 saturated carbocycles. The summed E-state index contributed by atoms with van der Waals surface area (Å²) < 4.78 is 47.7. The molecule has 0 bridgehead atoms. The van der Waals surface area contributed by atoms with Crippen LogP contribution in [0.4, 0.5) is 35.2 Å². The second-order valence-electron chi connectivity index (χ2n) is 10.5. The molecule has 4 rings (SSSR count). The fraction of sp³-hybridized carbons (Fsp3) is 0.429. The summed E-state index contributed by atoms with van der Waals surface area (Å²) in [4.78, 5) is 27.3. The lowest BCUT2D eigenvalue weighted by molar-refractivity contribution is -0.788. The van der Waals surface area contributed by atoms with Gasteiger partial charge in [-0.15, -0.1) is 0 Å². The van der Waals surface area contributed by atoms with E-state index >= 15 is 0 Å². The van der Waals surface area contributed by atoms with E-state index in [1.54, 1.807) is 23.0 Å². The molecule has 1 aromatic heterocycles. The van der Waals surface area contributed by atoms with Crippen LogP contribution in [0.15, 0.2) is 53.2 Å². The molecule has 1 heterocycles. The van der Waals surface area contributed by atoms with Gasteiger partial charge in [-0.25, -0.2) is 4.79 Å². The molecule has 214 valence electrons. The molecule has 0 spiro atoms. The standard InChI is InChI=1S/C28H33F3N6O3/c1-18-7-4-5-9-20(18)12-25(38)32-22-13-21(28(29,30)31)14-23(15-22)33-27(39)34-26-17-37(35-40-26)24-10-6-8-19(11-24)16-36(2)3/h4-5,7,9,13-15,17,19,24H,6,8,10-12,16H2,1-3H3,(H2-,32,33,34,35,38,39)/p+1/t19-,24+/m0/s1. The molecule has 2 atom stereocenters. The summed E-state index contributed by atoms with van der Waals surface area (Å²) in [6, 6.07) is 9.46. The number of alkyl halides is 3. The molecule has 0 aliphatic heterocycles. The molecule has 2 aromatic carbocycles. The Hall–Kier alpha value is -3.93. The van der Waals surface area contributed by atoms with Crippen molar-refractivity contribution in [3.05, 3.63) is 65.4 Å². The lowest BCUT2D eigenvalue weighted by atomic mass is 9.85. The number of nitrogens with zero attached hydrogens (tertiary/aromatic N) is 3. The van der Waals surface area contributed by atoms with Crippen LogP contribution in [-0.4, -0.2) is 42.7 Å². The van der Waals surface area contributed by atoms with Crippen molar-refractivity contribution < 1.29 is 32.0 Å². The number of benzene rings is 2. The number of hydrogen-bond donors (Lipinski definition) is 3. The maximum Gasteiger partial charge on any atom is 0.416 e. The zero-order valence-electron chi connectivity index (χ0n) is 22.7. The van der Waals surface area contributed by atoms with E-state index in [0.29, 0.717) is 5.92 Å². The van der Waals surface area contributed by atoms with E-state index in [1.807, 2.05) is 33.2 Å². The molecule has 0 radical (unpaired) electrons. The minimum Gasteiger partial charge on any atom is -0.326 e. The smallest absolute Gasteiger partial charge is 0.326 e. The van der Waals surface area contributed by atoms with Gasteiger partial charge in [0, 0.05) is 30.8 Å². The van der Waals surface area contributed by atoms with Crippen molar-refractivity contribution in [2.24, 2.45) is 5.92 Å². The van der Waals surface area contributed by atoms with Gasteiger partial charge in [-0.3, -0.25) is 14.6 Å². The normalized spacial score (nSPS) is 17.5. The number of amides is 3. The summed E-state index contributed by atoms with van der Waals surface area (Å²) in [5.74, 6) is 0.113. The number of carbonyl (C=O) groups is 2. The van der Waals surface area contributed by atoms with Gasteiger partial charge < -0.3 is 15.5 Å². The molecule has 3 aromatic rings. The molecule has 3 amide bonds. The number of carbonyl (C=O) groups excluding carboxylic acids is 2. The number of hydrogen-bond acceptors (Lipinski definition) is 5. The van der Waals surface area contributed by atoms with Gasteiger partial charge in [0.05, 0.1) is 12.0 Å². The third-order valence-electron chi connectivity index (χ3n) is 6.89. The zero-order chi connectivity index (χ0) is 28.9. The number of rotatable bonds is 8. The van der Waals surface area contributed by atoms with Crippen molar-refractivity contribution in [1.82, 2.24) is 10.2 Å². The Balaban J connectivity index is 1.41. The number of aromatic nitrogens is 2. The number of anilines is 3. The Morgan fingerprint density at radius 3 is 2.50 bits per heavy atom. The second kappa shape index (κ2) is 12.5. The van der Waals surface area contributed by atoms with Crippen LogP contribution in [0.25, 0.3) is 0 Å². The van der Waals surface area contributed by atoms with Crippen molar-refractivity contribution in [2.75, 3.05) is 36.6 Å². The van der Waals surface area contributed by atoms with Crippen molar-refractivity contribution in [3.63, 3.8) is 0 Å². The molecule has 3 N–H and O–H groups in total.